The predicted octanol–water partition coefficient (Wildman–Crippen LogP) is 2.87. The van der Waals surface area contributed by atoms with E-state index in [1.54, 1.807) is 6.92 Å². The maximum atomic E-state index is 14.9. The summed E-state index contributed by atoms with van der Waals surface area (Å²) in [6.45, 7) is 2.72. The Kier molecular flexibility index (Phi) is 2.28. The Morgan fingerprint density at radius 3 is 2.56 bits per heavy atom. The fraction of sp³-hybridized carbons (Fsp3) is 0.571. The summed E-state index contributed by atoms with van der Waals surface area (Å²) in [5, 5.41) is 3.38. The van der Waals surface area contributed by atoms with Crippen molar-refractivity contribution in [1.29, 1.82) is 0 Å². The molecule has 0 spiro atoms. The maximum absolute atomic E-state index is 14.9. The molecular weight excluding hydrogens is 201 g/mol. The second-order valence-electron chi connectivity index (χ2n) is 5.33. The number of halogens is 1. The van der Waals surface area contributed by atoms with E-state index >= 15 is 0 Å². The van der Waals surface area contributed by atoms with Crippen LogP contribution in [0.5, 0.6) is 0 Å². The molecule has 86 valence electrons. The average molecular weight is 219 g/mol. The van der Waals surface area contributed by atoms with Crippen molar-refractivity contribution in [2.24, 2.45) is 11.8 Å². The zero-order valence-electron chi connectivity index (χ0n) is 9.62. The number of fused-ring (bicyclic) bond motifs is 1. The Morgan fingerprint density at radius 2 is 2.00 bits per heavy atom. The summed E-state index contributed by atoms with van der Waals surface area (Å²) >= 11 is 0. The smallest absolute Gasteiger partial charge is 0.148 e. The monoisotopic (exact) mass is 219 g/mol. The molecule has 2 heteroatoms. The minimum atomic E-state index is -1.24. The van der Waals surface area contributed by atoms with E-state index in [0.29, 0.717) is 5.92 Å². The summed E-state index contributed by atoms with van der Waals surface area (Å²) in [4.78, 5) is 0. The summed E-state index contributed by atoms with van der Waals surface area (Å²) < 4.78 is 14.9. The molecule has 1 aliphatic heterocycles. The van der Waals surface area contributed by atoms with E-state index in [1.165, 1.54) is 12.8 Å². The highest BCUT2D eigenvalue weighted by Crippen LogP contribution is 2.47. The molecule has 4 atom stereocenters. The Bertz CT molecular complexity index is 374. The van der Waals surface area contributed by atoms with E-state index in [-0.39, 0.29) is 6.04 Å². The molecule has 16 heavy (non-hydrogen) atoms. The molecule has 0 bridgehead atoms. The van der Waals surface area contributed by atoms with Gasteiger partial charge in [0.2, 0.25) is 0 Å². The molecule has 1 aromatic rings. The van der Waals surface area contributed by atoms with Crippen LogP contribution < -0.4 is 5.32 Å². The van der Waals surface area contributed by atoms with Gasteiger partial charge in [0.05, 0.1) is 0 Å². The van der Waals surface area contributed by atoms with Crippen molar-refractivity contribution >= 4 is 0 Å². The first-order valence-electron chi connectivity index (χ1n) is 6.17. The average Bonchev–Trinajstić information content (AvgIpc) is 2.56. The van der Waals surface area contributed by atoms with Gasteiger partial charge in [-0.15, -0.1) is 0 Å². The quantitative estimate of drug-likeness (QED) is 0.806. The van der Waals surface area contributed by atoms with Gasteiger partial charge in [0.1, 0.15) is 5.67 Å². The highest BCUT2D eigenvalue weighted by Gasteiger charge is 2.51. The summed E-state index contributed by atoms with van der Waals surface area (Å²) in [7, 11) is 0. The molecule has 2 aliphatic rings. The fourth-order valence-corrected chi connectivity index (χ4v) is 3.25. The molecular formula is C14H18FN. The Morgan fingerprint density at radius 1 is 1.25 bits per heavy atom. The van der Waals surface area contributed by atoms with Crippen LogP contribution in [0.4, 0.5) is 4.39 Å². The van der Waals surface area contributed by atoms with Gasteiger partial charge in [-0.2, -0.15) is 0 Å². The molecule has 1 heterocycles. The van der Waals surface area contributed by atoms with Crippen LogP contribution in [0.2, 0.25) is 0 Å². The molecule has 1 saturated heterocycles. The zero-order valence-corrected chi connectivity index (χ0v) is 9.62. The first-order valence-corrected chi connectivity index (χ1v) is 6.17. The van der Waals surface area contributed by atoms with E-state index in [2.05, 4.69) is 5.32 Å². The molecule has 1 aromatic carbocycles. The largest absolute Gasteiger partial charge is 0.310 e. The van der Waals surface area contributed by atoms with Gasteiger partial charge in [-0.1, -0.05) is 30.3 Å². The van der Waals surface area contributed by atoms with Crippen LogP contribution in [-0.4, -0.2) is 12.6 Å². The Hall–Kier alpha value is -0.890. The van der Waals surface area contributed by atoms with Crippen molar-refractivity contribution in [3.05, 3.63) is 35.9 Å². The molecule has 1 saturated carbocycles. The third kappa shape index (κ3) is 1.40. The predicted molar refractivity (Wildman–Crippen MR) is 62.9 cm³/mol. The molecule has 1 aliphatic carbocycles. The van der Waals surface area contributed by atoms with Crippen LogP contribution in [-0.2, 0) is 5.67 Å². The van der Waals surface area contributed by atoms with E-state index in [4.69, 9.17) is 0 Å². The first-order chi connectivity index (χ1) is 7.69. The summed E-state index contributed by atoms with van der Waals surface area (Å²) in [5.41, 5.74) is -0.429. The second kappa shape index (κ2) is 3.56. The van der Waals surface area contributed by atoms with E-state index in [0.717, 1.165) is 18.0 Å². The molecule has 1 unspecified atom stereocenters. The lowest BCUT2D eigenvalue weighted by molar-refractivity contribution is 0.0726. The number of benzene rings is 1. The number of hydrogen-bond donors (Lipinski definition) is 1. The highest BCUT2D eigenvalue weighted by molar-refractivity contribution is 5.25. The van der Waals surface area contributed by atoms with Gasteiger partial charge in [0, 0.05) is 6.04 Å². The van der Waals surface area contributed by atoms with Gasteiger partial charge in [-0.05, 0) is 43.7 Å². The molecule has 0 aromatic heterocycles. The zero-order chi connectivity index (χ0) is 11.2. The molecule has 1 nitrogen and oxygen atoms in total. The van der Waals surface area contributed by atoms with Crippen molar-refractivity contribution in [3.8, 4) is 0 Å². The summed E-state index contributed by atoms with van der Waals surface area (Å²) in [6, 6.07) is 9.57. The normalized spacial score (nSPS) is 36.2. The number of rotatable bonds is 2. The minimum Gasteiger partial charge on any atom is -0.310 e. The van der Waals surface area contributed by atoms with Crippen LogP contribution in [0.25, 0.3) is 0 Å². The van der Waals surface area contributed by atoms with Crippen molar-refractivity contribution in [2.45, 2.75) is 31.5 Å². The summed E-state index contributed by atoms with van der Waals surface area (Å²) in [6.07, 6.45) is 2.47. The van der Waals surface area contributed by atoms with Crippen molar-refractivity contribution < 1.29 is 4.39 Å². The standard InChI is InChI=1S/C14H18FN/c1-14(15,11-5-3-2-4-6-11)13-12-8-7-10(12)9-16-13/h2-6,10,12-13,16H,7-9H2,1H3/t10-,12-,13+,14?/m0/s1. The molecule has 0 radical (unpaired) electrons. The van der Waals surface area contributed by atoms with Crippen LogP contribution >= 0.6 is 0 Å². The van der Waals surface area contributed by atoms with E-state index < -0.39 is 5.67 Å². The lowest BCUT2D eigenvalue weighted by Gasteiger charge is -2.38. The second-order valence-corrected chi connectivity index (χ2v) is 5.33. The van der Waals surface area contributed by atoms with Crippen LogP contribution in [0.15, 0.2) is 30.3 Å². The SMILES string of the molecule is CC(F)(c1ccccc1)[C@@H]1NC[C@@H]2CC[C@@H]21. The van der Waals surface area contributed by atoms with Gasteiger partial charge in [-0.3, -0.25) is 0 Å². The third-order valence-electron chi connectivity index (χ3n) is 4.43. The maximum Gasteiger partial charge on any atom is 0.148 e. The highest BCUT2D eigenvalue weighted by atomic mass is 19.1. The van der Waals surface area contributed by atoms with Crippen molar-refractivity contribution in [1.82, 2.24) is 5.32 Å². The molecule has 0 amide bonds. The number of alkyl halides is 1. The lowest BCUT2D eigenvalue weighted by atomic mass is 9.69. The van der Waals surface area contributed by atoms with Crippen molar-refractivity contribution in [3.63, 3.8) is 0 Å². The Labute approximate surface area is 96.1 Å². The Balaban J connectivity index is 1.88. The topological polar surface area (TPSA) is 12.0 Å². The third-order valence-corrected chi connectivity index (χ3v) is 4.43. The van der Waals surface area contributed by atoms with Gasteiger partial charge < -0.3 is 5.32 Å². The number of hydrogen-bond acceptors (Lipinski definition) is 1. The van der Waals surface area contributed by atoms with E-state index in [9.17, 15) is 4.39 Å². The molecule has 2 fully saturated rings. The molecule has 3 rings (SSSR count). The van der Waals surface area contributed by atoms with Crippen LogP contribution in [0, 0.1) is 11.8 Å². The fourth-order valence-electron chi connectivity index (χ4n) is 3.25. The lowest BCUT2D eigenvalue weighted by Crippen LogP contribution is -2.45. The van der Waals surface area contributed by atoms with Crippen LogP contribution in [0.3, 0.4) is 0 Å². The summed E-state index contributed by atoms with van der Waals surface area (Å²) in [5.74, 6) is 1.28. The van der Waals surface area contributed by atoms with E-state index in [1.807, 2.05) is 30.3 Å². The number of nitrogens with one attached hydrogen (secondary N) is 1. The van der Waals surface area contributed by atoms with Gasteiger partial charge in [0.15, 0.2) is 0 Å². The minimum absolute atomic E-state index is 0.00801. The van der Waals surface area contributed by atoms with Gasteiger partial charge in [-0.25, -0.2) is 4.39 Å². The van der Waals surface area contributed by atoms with Crippen molar-refractivity contribution in [2.75, 3.05) is 6.54 Å². The first kappa shape index (κ1) is 10.3. The van der Waals surface area contributed by atoms with Crippen LogP contribution in [0.1, 0.15) is 25.3 Å². The van der Waals surface area contributed by atoms with Gasteiger partial charge >= 0.3 is 0 Å². The molecule has 1 N–H and O–H groups in total. The van der Waals surface area contributed by atoms with Gasteiger partial charge in [0.25, 0.3) is 0 Å².